The normalized spacial score (nSPS) is 11.6. The number of hydrogen-bond donors (Lipinski definition) is 2. The smallest absolute Gasteiger partial charge is 0.261 e. The molecule has 3 rings (SSSR count). The van der Waals surface area contributed by atoms with Crippen molar-refractivity contribution < 1.29 is 26.4 Å². The SMILES string of the molecule is CC(=O)c1cccc(N(CC(=O)Nc2ccc(S(=O)(=O)Nc3ccc(C)c(C)c3)cc2)S(C)(=O)=O)c1. The molecule has 2 N–H and O–H groups in total. The third-order valence-corrected chi connectivity index (χ3v) is 7.97. The molecule has 0 bridgehead atoms. The molecule has 0 saturated carbocycles. The quantitative estimate of drug-likeness (QED) is 0.407. The van der Waals surface area contributed by atoms with Crippen LogP contribution in [0.3, 0.4) is 0 Å². The Hall–Kier alpha value is -3.70. The first-order valence-electron chi connectivity index (χ1n) is 10.8. The molecule has 36 heavy (non-hydrogen) atoms. The van der Waals surface area contributed by atoms with E-state index in [4.69, 9.17) is 0 Å². The van der Waals surface area contributed by atoms with Crippen LogP contribution in [0.1, 0.15) is 28.4 Å². The fraction of sp³-hybridized carbons (Fsp3) is 0.200. The van der Waals surface area contributed by atoms with Crippen LogP contribution in [0, 0.1) is 13.8 Å². The first-order chi connectivity index (χ1) is 16.8. The Bertz CT molecular complexity index is 1520. The highest BCUT2D eigenvalue weighted by molar-refractivity contribution is 7.92. The van der Waals surface area contributed by atoms with E-state index in [0.29, 0.717) is 11.3 Å². The molecule has 0 aliphatic carbocycles. The molecule has 11 heteroatoms. The Morgan fingerprint density at radius 3 is 2.06 bits per heavy atom. The topological polar surface area (TPSA) is 130 Å². The van der Waals surface area contributed by atoms with Gasteiger partial charge in [0.1, 0.15) is 6.54 Å². The third kappa shape index (κ3) is 6.70. The number of carbonyl (C=O) groups excluding carboxylic acids is 2. The van der Waals surface area contributed by atoms with Gasteiger partial charge in [0.25, 0.3) is 10.0 Å². The van der Waals surface area contributed by atoms with Gasteiger partial charge in [-0.15, -0.1) is 0 Å². The summed E-state index contributed by atoms with van der Waals surface area (Å²) in [7, 11) is -7.69. The van der Waals surface area contributed by atoms with E-state index in [2.05, 4.69) is 10.0 Å². The van der Waals surface area contributed by atoms with Crippen molar-refractivity contribution in [2.45, 2.75) is 25.7 Å². The second kappa shape index (κ2) is 10.5. The predicted molar refractivity (Wildman–Crippen MR) is 140 cm³/mol. The number of hydrogen-bond acceptors (Lipinski definition) is 6. The van der Waals surface area contributed by atoms with Crippen LogP contribution in [0.15, 0.2) is 71.6 Å². The summed E-state index contributed by atoms with van der Waals surface area (Å²) >= 11 is 0. The van der Waals surface area contributed by atoms with Gasteiger partial charge < -0.3 is 5.32 Å². The first-order valence-corrected chi connectivity index (χ1v) is 14.2. The summed E-state index contributed by atoms with van der Waals surface area (Å²) in [6, 6.07) is 16.7. The fourth-order valence-electron chi connectivity index (χ4n) is 3.35. The molecule has 190 valence electrons. The van der Waals surface area contributed by atoms with E-state index in [9.17, 15) is 26.4 Å². The molecule has 0 aromatic heterocycles. The Balaban J connectivity index is 1.73. The molecular formula is C25H27N3O6S2. The van der Waals surface area contributed by atoms with Crippen molar-refractivity contribution in [3.63, 3.8) is 0 Å². The number of nitrogens with zero attached hydrogens (tertiary/aromatic N) is 1. The summed E-state index contributed by atoms with van der Waals surface area (Å²) in [6.07, 6.45) is 0.961. The Kier molecular flexibility index (Phi) is 7.85. The van der Waals surface area contributed by atoms with E-state index in [1.807, 2.05) is 19.9 Å². The van der Waals surface area contributed by atoms with E-state index in [1.54, 1.807) is 18.2 Å². The molecular weight excluding hydrogens is 502 g/mol. The molecule has 1 amide bonds. The summed E-state index contributed by atoms with van der Waals surface area (Å²) in [5.41, 5.74) is 3.21. The van der Waals surface area contributed by atoms with Gasteiger partial charge in [0.05, 0.1) is 16.8 Å². The van der Waals surface area contributed by atoms with Crippen LogP contribution in [0.4, 0.5) is 17.1 Å². The molecule has 9 nitrogen and oxygen atoms in total. The predicted octanol–water partition coefficient (Wildman–Crippen LogP) is 3.71. The lowest BCUT2D eigenvalue weighted by atomic mass is 10.1. The summed E-state index contributed by atoms with van der Waals surface area (Å²) in [4.78, 5) is 24.3. The Morgan fingerprint density at radius 2 is 1.47 bits per heavy atom. The zero-order valence-corrected chi connectivity index (χ0v) is 21.9. The summed E-state index contributed by atoms with van der Waals surface area (Å²) in [6.45, 7) is 4.64. The van der Waals surface area contributed by atoms with Crippen molar-refractivity contribution in [1.82, 2.24) is 0 Å². The van der Waals surface area contributed by atoms with Crippen molar-refractivity contribution in [2.75, 3.05) is 27.1 Å². The number of amides is 1. The van der Waals surface area contributed by atoms with Gasteiger partial charge in [0.15, 0.2) is 5.78 Å². The van der Waals surface area contributed by atoms with Gasteiger partial charge in [0.2, 0.25) is 15.9 Å². The molecule has 0 saturated heterocycles. The van der Waals surface area contributed by atoms with E-state index in [1.165, 1.54) is 49.4 Å². The number of aryl methyl sites for hydroxylation is 2. The first kappa shape index (κ1) is 26.9. The van der Waals surface area contributed by atoms with Crippen LogP contribution >= 0.6 is 0 Å². The van der Waals surface area contributed by atoms with E-state index < -0.39 is 32.5 Å². The maximum absolute atomic E-state index is 12.7. The van der Waals surface area contributed by atoms with Gasteiger partial charge in [-0.1, -0.05) is 18.2 Å². The standard InChI is InChI=1S/C25H27N3O6S2/c1-17-8-9-22(14-18(17)2)27-36(33,34)24-12-10-21(11-13-24)26-25(30)16-28(35(4,31)32)23-7-5-6-20(15-23)19(3)29/h5-15,27H,16H2,1-4H3,(H,26,30). The van der Waals surface area contributed by atoms with Crippen molar-refractivity contribution in [2.24, 2.45) is 0 Å². The molecule has 0 heterocycles. The lowest BCUT2D eigenvalue weighted by Crippen LogP contribution is -2.37. The van der Waals surface area contributed by atoms with Gasteiger partial charge in [-0.2, -0.15) is 0 Å². The van der Waals surface area contributed by atoms with E-state index in [0.717, 1.165) is 21.7 Å². The monoisotopic (exact) mass is 529 g/mol. The van der Waals surface area contributed by atoms with Gasteiger partial charge in [-0.25, -0.2) is 16.8 Å². The lowest BCUT2D eigenvalue weighted by molar-refractivity contribution is -0.114. The minimum Gasteiger partial charge on any atom is -0.325 e. The zero-order valence-electron chi connectivity index (χ0n) is 20.3. The minimum atomic E-state index is -3.85. The van der Waals surface area contributed by atoms with Crippen LogP contribution in [-0.4, -0.2) is 41.3 Å². The molecule has 0 aliphatic heterocycles. The number of carbonyl (C=O) groups is 2. The maximum Gasteiger partial charge on any atom is 0.261 e. The van der Waals surface area contributed by atoms with Gasteiger partial charge in [-0.05, 0) is 80.4 Å². The summed E-state index contributed by atoms with van der Waals surface area (Å²) in [5.74, 6) is -0.880. The van der Waals surface area contributed by atoms with Crippen LogP contribution in [0.2, 0.25) is 0 Å². The van der Waals surface area contributed by atoms with Crippen LogP contribution in [0.5, 0.6) is 0 Å². The molecule has 0 spiro atoms. The van der Waals surface area contributed by atoms with Gasteiger partial charge in [-0.3, -0.25) is 18.6 Å². The second-order valence-electron chi connectivity index (χ2n) is 8.35. The fourth-order valence-corrected chi connectivity index (χ4v) is 5.25. The molecule has 0 atom stereocenters. The van der Waals surface area contributed by atoms with Crippen LogP contribution < -0.4 is 14.3 Å². The Labute approximate surface area is 211 Å². The van der Waals surface area contributed by atoms with Gasteiger partial charge in [0, 0.05) is 16.9 Å². The van der Waals surface area contributed by atoms with Crippen molar-refractivity contribution >= 4 is 48.8 Å². The summed E-state index contributed by atoms with van der Waals surface area (Å²) in [5, 5.41) is 2.57. The number of rotatable bonds is 9. The molecule has 3 aromatic rings. The number of anilines is 3. The lowest BCUT2D eigenvalue weighted by Gasteiger charge is -2.22. The molecule has 0 fully saturated rings. The zero-order chi connectivity index (χ0) is 26.7. The van der Waals surface area contributed by atoms with Gasteiger partial charge >= 0.3 is 0 Å². The number of ketones is 1. The highest BCUT2D eigenvalue weighted by Gasteiger charge is 2.22. The molecule has 3 aromatic carbocycles. The number of nitrogens with one attached hydrogen (secondary N) is 2. The highest BCUT2D eigenvalue weighted by Crippen LogP contribution is 2.22. The highest BCUT2D eigenvalue weighted by atomic mass is 32.2. The maximum atomic E-state index is 12.7. The molecule has 0 aliphatic rings. The number of Topliss-reactive ketones (excluding diaryl/α,β-unsaturated/α-hetero) is 1. The second-order valence-corrected chi connectivity index (χ2v) is 11.9. The van der Waals surface area contributed by atoms with Crippen LogP contribution in [0.25, 0.3) is 0 Å². The average Bonchev–Trinajstić information content (AvgIpc) is 2.79. The van der Waals surface area contributed by atoms with Crippen molar-refractivity contribution in [3.8, 4) is 0 Å². The Morgan fingerprint density at radius 1 is 0.833 bits per heavy atom. The number of benzene rings is 3. The largest absolute Gasteiger partial charge is 0.325 e. The third-order valence-electron chi connectivity index (χ3n) is 5.44. The average molecular weight is 530 g/mol. The van der Waals surface area contributed by atoms with Crippen LogP contribution in [-0.2, 0) is 24.8 Å². The van der Waals surface area contributed by atoms with Crippen molar-refractivity contribution in [1.29, 1.82) is 0 Å². The summed E-state index contributed by atoms with van der Waals surface area (Å²) < 4.78 is 53.5. The van der Waals surface area contributed by atoms with E-state index in [-0.39, 0.29) is 22.1 Å². The number of sulfonamides is 2. The molecule has 0 unspecified atom stereocenters. The minimum absolute atomic E-state index is 0.00228. The molecule has 0 radical (unpaired) electrons. The van der Waals surface area contributed by atoms with Crippen molar-refractivity contribution in [3.05, 3.63) is 83.4 Å². The van der Waals surface area contributed by atoms with E-state index >= 15 is 0 Å².